The molecule has 28 heavy (non-hydrogen) atoms. The van der Waals surface area contributed by atoms with E-state index in [1.54, 1.807) is 12.4 Å². The highest BCUT2D eigenvalue weighted by Crippen LogP contribution is 2.48. The minimum atomic E-state index is -0.119. The van der Waals surface area contributed by atoms with Crippen LogP contribution in [0.4, 0.5) is 11.5 Å². The van der Waals surface area contributed by atoms with Crippen LogP contribution in [0.5, 0.6) is 0 Å². The van der Waals surface area contributed by atoms with Crippen LogP contribution in [0, 0.1) is 36.0 Å². The summed E-state index contributed by atoms with van der Waals surface area (Å²) >= 11 is 0. The Hall–Kier alpha value is -3.46. The van der Waals surface area contributed by atoms with Gasteiger partial charge in [0.25, 0.3) is 0 Å². The van der Waals surface area contributed by atoms with Gasteiger partial charge in [-0.25, -0.2) is 4.98 Å². The van der Waals surface area contributed by atoms with E-state index < -0.39 is 0 Å². The fourth-order valence-corrected chi connectivity index (χ4v) is 3.88. The summed E-state index contributed by atoms with van der Waals surface area (Å²) in [5.41, 5.74) is 9.98. The lowest BCUT2D eigenvalue weighted by Crippen LogP contribution is -2.16. The van der Waals surface area contributed by atoms with Crippen molar-refractivity contribution in [2.45, 2.75) is 20.3 Å². The molecule has 1 fully saturated rings. The van der Waals surface area contributed by atoms with E-state index in [0.29, 0.717) is 17.9 Å². The molecule has 0 saturated heterocycles. The fourth-order valence-electron chi connectivity index (χ4n) is 3.88. The van der Waals surface area contributed by atoms with E-state index in [4.69, 9.17) is 11.0 Å². The van der Waals surface area contributed by atoms with E-state index in [-0.39, 0.29) is 23.7 Å². The topological polar surface area (TPSA) is 105 Å². The highest BCUT2D eigenvalue weighted by atomic mass is 16.2. The molecule has 6 nitrogen and oxygen atoms in total. The molecule has 3 N–H and O–H groups in total. The highest BCUT2D eigenvalue weighted by molar-refractivity contribution is 6.00. The molecule has 1 aliphatic carbocycles. The number of hydrogen-bond acceptors (Lipinski definition) is 5. The molecule has 6 heteroatoms. The first-order chi connectivity index (χ1) is 13.5. The smallest absolute Gasteiger partial charge is 0.229 e. The number of nitrogens with zero attached hydrogens (tertiary/aromatic N) is 3. The molecular formula is C22H21N5O. The van der Waals surface area contributed by atoms with Crippen molar-refractivity contribution in [3.05, 3.63) is 48.4 Å². The van der Waals surface area contributed by atoms with Crippen molar-refractivity contribution in [3.63, 3.8) is 0 Å². The number of pyridine rings is 2. The number of carbonyl (C=O) groups excluding carboxylic acids is 1. The molecule has 0 radical (unpaired) electrons. The van der Waals surface area contributed by atoms with Crippen LogP contribution >= 0.6 is 0 Å². The number of aryl methyl sites for hydroxylation is 1. The number of hydrogen-bond donors (Lipinski definition) is 2. The first-order valence-electron chi connectivity index (χ1n) is 9.27. The maximum absolute atomic E-state index is 12.5. The van der Waals surface area contributed by atoms with Crippen molar-refractivity contribution in [2.75, 3.05) is 11.1 Å². The zero-order valence-electron chi connectivity index (χ0n) is 15.8. The van der Waals surface area contributed by atoms with Crippen LogP contribution in [-0.4, -0.2) is 15.9 Å². The second-order valence-electron chi connectivity index (χ2n) is 7.45. The van der Waals surface area contributed by atoms with Gasteiger partial charge in [-0.15, -0.1) is 0 Å². The van der Waals surface area contributed by atoms with Gasteiger partial charge in [-0.2, -0.15) is 5.26 Å². The third-order valence-corrected chi connectivity index (χ3v) is 5.66. The lowest BCUT2D eigenvalue weighted by atomic mass is 9.99. The van der Waals surface area contributed by atoms with Crippen molar-refractivity contribution in [1.82, 2.24) is 9.97 Å². The predicted octanol–water partition coefficient (Wildman–Crippen LogP) is 3.92. The average molecular weight is 371 g/mol. The molecular weight excluding hydrogens is 350 g/mol. The summed E-state index contributed by atoms with van der Waals surface area (Å²) in [4.78, 5) is 21.1. The van der Waals surface area contributed by atoms with Crippen LogP contribution in [-0.2, 0) is 4.79 Å². The Balaban J connectivity index is 1.64. The lowest BCUT2D eigenvalue weighted by molar-refractivity contribution is -0.117. The molecule has 1 saturated carbocycles. The molecule has 1 aromatic carbocycles. The summed E-state index contributed by atoms with van der Waals surface area (Å²) in [5.74, 6) is 0.669. The summed E-state index contributed by atoms with van der Waals surface area (Å²) in [6.45, 7) is 4.04. The Morgan fingerprint density at radius 2 is 2.14 bits per heavy atom. The number of fused-ring (bicyclic) bond motifs is 1. The highest BCUT2D eigenvalue weighted by Gasteiger charge is 2.51. The number of nitrogens with two attached hydrogens (primary N) is 1. The minimum absolute atomic E-state index is 0.0770. The maximum Gasteiger partial charge on any atom is 0.229 e. The number of carbonyl (C=O) groups is 1. The van der Waals surface area contributed by atoms with Crippen LogP contribution < -0.4 is 11.1 Å². The summed E-state index contributed by atoms with van der Waals surface area (Å²) < 4.78 is 0. The van der Waals surface area contributed by atoms with E-state index in [0.717, 1.165) is 27.5 Å². The molecule has 0 aliphatic heterocycles. The number of nitrogen functional groups attached to an aromatic ring is 1. The number of rotatable bonds is 4. The molecule has 1 aliphatic rings. The van der Waals surface area contributed by atoms with Gasteiger partial charge in [-0.3, -0.25) is 9.78 Å². The van der Waals surface area contributed by atoms with Crippen LogP contribution in [0.15, 0.2) is 42.9 Å². The molecule has 1 amide bonds. The summed E-state index contributed by atoms with van der Waals surface area (Å²) in [6.07, 6.45) is 5.68. The molecule has 140 valence electrons. The number of aromatic nitrogens is 2. The Morgan fingerprint density at radius 1 is 1.32 bits per heavy atom. The maximum atomic E-state index is 12.5. The average Bonchev–Trinajstić information content (AvgIpc) is 3.31. The lowest BCUT2D eigenvalue weighted by Gasteiger charge is -2.11. The van der Waals surface area contributed by atoms with Crippen LogP contribution in [0.3, 0.4) is 0 Å². The third-order valence-electron chi connectivity index (χ3n) is 5.66. The largest absolute Gasteiger partial charge is 0.398 e. The van der Waals surface area contributed by atoms with Gasteiger partial charge in [0, 0.05) is 47.6 Å². The van der Waals surface area contributed by atoms with E-state index in [1.807, 2.05) is 44.3 Å². The standard InChI is InChI=1S/C22H21N5O/c1-12-4-6-25-10-17(12)14-7-15-9-20(26-11-18(15)19(24)8-14)27-22(28)21-13(2)16(21)3-5-23/h4,6-11,13,16,21H,3,24H2,1-2H3,(H,26,27,28)/t13-,16+,21-/m0/s1. The molecule has 4 rings (SSSR count). The van der Waals surface area contributed by atoms with Gasteiger partial charge in [0.1, 0.15) is 5.82 Å². The molecule has 3 aromatic rings. The fraction of sp³-hybridized carbons (Fsp3) is 0.273. The van der Waals surface area contributed by atoms with Crippen molar-refractivity contribution in [2.24, 2.45) is 17.8 Å². The first kappa shape index (κ1) is 17.9. The molecule has 2 aromatic heterocycles. The predicted molar refractivity (Wildman–Crippen MR) is 109 cm³/mol. The monoisotopic (exact) mass is 371 g/mol. The SMILES string of the molecule is Cc1ccncc1-c1cc(N)c2cnc(NC(=O)[C@H]3[C@@H](C)[C@H]3CC#N)cc2c1. The quantitative estimate of drug-likeness (QED) is 0.676. The summed E-state index contributed by atoms with van der Waals surface area (Å²) in [7, 11) is 0. The van der Waals surface area contributed by atoms with Gasteiger partial charge < -0.3 is 11.1 Å². The second kappa shape index (κ2) is 6.93. The van der Waals surface area contributed by atoms with Crippen LogP contribution in [0.2, 0.25) is 0 Å². The molecule has 3 atom stereocenters. The number of nitrogens with one attached hydrogen (secondary N) is 1. The van der Waals surface area contributed by atoms with Gasteiger partial charge in [0.05, 0.1) is 6.07 Å². The van der Waals surface area contributed by atoms with Crippen molar-refractivity contribution >= 4 is 28.2 Å². The zero-order chi connectivity index (χ0) is 19.8. The first-order valence-corrected chi connectivity index (χ1v) is 9.27. The van der Waals surface area contributed by atoms with Crippen molar-refractivity contribution < 1.29 is 4.79 Å². The van der Waals surface area contributed by atoms with Gasteiger partial charge in [-0.1, -0.05) is 6.92 Å². The van der Waals surface area contributed by atoms with Gasteiger partial charge in [-0.05, 0) is 59.5 Å². The number of nitriles is 1. The summed E-state index contributed by atoms with van der Waals surface area (Å²) in [5, 5.41) is 13.5. The molecule has 0 spiro atoms. The molecule has 0 unspecified atom stereocenters. The van der Waals surface area contributed by atoms with Gasteiger partial charge >= 0.3 is 0 Å². The second-order valence-corrected chi connectivity index (χ2v) is 7.45. The molecule has 2 heterocycles. The zero-order valence-corrected chi connectivity index (χ0v) is 15.8. The summed E-state index contributed by atoms with van der Waals surface area (Å²) in [6, 6.07) is 9.90. The Morgan fingerprint density at radius 3 is 2.89 bits per heavy atom. The molecule has 0 bridgehead atoms. The Kier molecular flexibility index (Phi) is 4.44. The van der Waals surface area contributed by atoms with E-state index in [1.165, 1.54) is 0 Å². The Labute approximate surface area is 163 Å². The van der Waals surface area contributed by atoms with Gasteiger partial charge in [0.15, 0.2) is 0 Å². The minimum Gasteiger partial charge on any atom is -0.398 e. The van der Waals surface area contributed by atoms with E-state index in [9.17, 15) is 4.79 Å². The van der Waals surface area contributed by atoms with E-state index >= 15 is 0 Å². The van der Waals surface area contributed by atoms with Crippen molar-refractivity contribution in [3.8, 4) is 17.2 Å². The van der Waals surface area contributed by atoms with Crippen LogP contribution in [0.25, 0.3) is 21.9 Å². The number of benzene rings is 1. The Bertz CT molecular complexity index is 1120. The third kappa shape index (κ3) is 3.16. The normalized spacial score (nSPS) is 20.5. The number of amides is 1. The number of anilines is 2. The van der Waals surface area contributed by atoms with Gasteiger partial charge in [0.2, 0.25) is 5.91 Å². The van der Waals surface area contributed by atoms with Crippen molar-refractivity contribution in [1.29, 1.82) is 5.26 Å². The van der Waals surface area contributed by atoms with E-state index in [2.05, 4.69) is 21.4 Å². The van der Waals surface area contributed by atoms with Crippen LogP contribution in [0.1, 0.15) is 18.9 Å².